The number of carboxylic acids is 1. The van der Waals surface area contributed by atoms with E-state index in [0.717, 1.165) is 12.1 Å². The predicted molar refractivity (Wildman–Crippen MR) is 94.7 cm³/mol. The van der Waals surface area contributed by atoms with Crippen molar-refractivity contribution in [3.8, 4) is 0 Å². The van der Waals surface area contributed by atoms with E-state index in [0.29, 0.717) is 11.1 Å². The summed E-state index contributed by atoms with van der Waals surface area (Å²) in [6, 6.07) is 12.6. The van der Waals surface area contributed by atoms with Crippen LogP contribution in [0.3, 0.4) is 0 Å². The van der Waals surface area contributed by atoms with Crippen LogP contribution in [0.5, 0.6) is 0 Å². The molecular weight excluding hydrogens is 359 g/mol. The molecule has 0 radical (unpaired) electrons. The number of halogens is 3. The molecule has 0 aromatic heterocycles. The van der Waals surface area contributed by atoms with E-state index in [1.54, 1.807) is 37.3 Å². The average Bonchev–Trinajstić information content (AvgIpc) is 2.61. The van der Waals surface area contributed by atoms with Crippen molar-refractivity contribution >= 4 is 18.0 Å². The van der Waals surface area contributed by atoms with Crippen LogP contribution in [-0.4, -0.2) is 17.0 Å². The van der Waals surface area contributed by atoms with Gasteiger partial charge in [0.25, 0.3) is 0 Å². The van der Waals surface area contributed by atoms with Gasteiger partial charge in [-0.05, 0) is 36.3 Å². The smallest absolute Gasteiger partial charge is 0.416 e. The largest absolute Gasteiger partial charge is 0.478 e. The highest BCUT2D eigenvalue weighted by Crippen LogP contribution is 2.29. The van der Waals surface area contributed by atoms with Gasteiger partial charge in [0.1, 0.15) is 0 Å². The van der Waals surface area contributed by atoms with E-state index in [-0.39, 0.29) is 12.0 Å². The lowest BCUT2D eigenvalue weighted by atomic mass is 10.0. The fraction of sp³-hybridized carbons (Fsp3) is 0.200. The molecule has 0 fully saturated rings. The number of hydrogen-bond donors (Lipinski definition) is 2. The summed E-state index contributed by atoms with van der Waals surface area (Å²) in [5.74, 6) is -1.75. The molecular formula is C20H18F3NO3. The number of carbonyl (C=O) groups is 2. The number of carboxylic acid groups (broad SMARTS) is 1. The van der Waals surface area contributed by atoms with E-state index in [1.807, 2.05) is 0 Å². The Hall–Kier alpha value is -3.09. The third-order valence-electron chi connectivity index (χ3n) is 3.88. The van der Waals surface area contributed by atoms with Crippen molar-refractivity contribution < 1.29 is 27.9 Å². The lowest BCUT2D eigenvalue weighted by molar-refractivity contribution is -0.137. The van der Waals surface area contributed by atoms with Crippen LogP contribution in [0.2, 0.25) is 0 Å². The molecule has 2 N–H and O–H groups in total. The molecule has 27 heavy (non-hydrogen) atoms. The zero-order valence-corrected chi connectivity index (χ0v) is 14.5. The van der Waals surface area contributed by atoms with Crippen LogP contribution in [-0.2, 0) is 15.8 Å². The highest BCUT2D eigenvalue weighted by Gasteiger charge is 2.30. The van der Waals surface area contributed by atoms with Crippen molar-refractivity contribution in [1.82, 2.24) is 5.32 Å². The molecule has 142 valence electrons. The summed E-state index contributed by atoms with van der Waals surface area (Å²) >= 11 is 0. The molecule has 1 atom stereocenters. The molecule has 1 unspecified atom stereocenters. The van der Waals surface area contributed by atoms with Gasteiger partial charge in [-0.1, -0.05) is 42.5 Å². The number of hydrogen-bond acceptors (Lipinski definition) is 2. The van der Waals surface area contributed by atoms with E-state index in [9.17, 15) is 27.9 Å². The average molecular weight is 377 g/mol. The van der Waals surface area contributed by atoms with Gasteiger partial charge in [0.2, 0.25) is 5.91 Å². The second-order valence-corrected chi connectivity index (χ2v) is 5.97. The second-order valence-electron chi connectivity index (χ2n) is 5.97. The Labute approximate surface area is 154 Å². The molecule has 0 aliphatic carbocycles. The molecule has 2 aromatic carbocycles. The second kappa shape index (κ2) is 8.53. The first-order chi connectivity index (χ1) is 12.7. The van der Waals surface area contributed by atoms with Crippen LogP contribution < -0.4 is 5.32 Å². The van der Waals surface area contributed by atoms with Crippen LogP contribution in [0.4, 0.5) is 13.2 Å². The topological polar surface area (TPSA) is 66.4 Å². The standard InChI is InChI=1S/C20H18F3NO3/c1-13(15-7-9-17(10-8-15)20(21,22)23)24-18(25)12-16(19(26)27)11-14-5-3-2-4-6-14/h2-11,13H,12H2,1H3,(H,24,25)(H,26,27)/b16-11-. The molecule has 0 aliphatic rings. The lowest BCUT2D eigenvalue weighted by Crippen LogP contribution is -2.27. The Morgan fingerprint density at radius 2 is 1.67 bits per heavy atom. The van der Waals surface area contributed by atoms with E-state index in [2.05, 4.69) is 5.32 Å². The minimum atomic E-state index is -4.43. The van der Waals surface area contributed by atoms with Gasteiger partial charge in [0.15, 0.2) is 0 Å². The van der Waals surface area contributed by atoms with Gasteiger partial charge in [0, 0.05) is 5.57 Å². The first-order valence-electron chi connectivity index (χ1n) is 8.12. The minimum Gasteiger partial charge on any atom is -0.478 e. The van der Waals surface area contributed by atoms with E-state index in [1.165, 1.54) is 18.2 Å². The lowest BCUT2D eigenvalue weighted by Gasteiger charge is -2.15. The predicted octanol–water partition coefficient (Wildman–Crippen LogP) is 4.44. The number of aliphatic carboxylic acids is 1. The molecule has 0 saturated heterocycles. The normalized spacial score (nSPS) is 13.1. The number of alkyl halides is 3. The van der Waals surface area contributed by atoms with Crippen LogP contribution in [0.1, 0.15) is 36.1 Å². The molecule has 0 bridgehead atoms. The zero-order chi connectivity index (χ0) is 20.0. The molecule has 4 nitrogen and oxygen atoms in total. The summed E-state index contributed by atoms with van der Waals surface area (Å²) in [7, 11) is 0. The highest BCUT2D eigenvalue weighted by molar-refractivity contribution is 5.98. The fourth-order valence-corrected chi connectivity index (χ4v) is 2.45. The number of nitrogens with one attached hydrogen (secondary N) is 1. The van der Waals surface area contributed by atoms with E-state index in [4.69, 9.17) is 0 Å². The Balaban J connectivity index is 2.05. The SMILES string of the molecule is CC(NC(=O)C/C(=C/c1ccccc1)C(=O)O)c1ccc(C(F)(F)F)cc1. The van der Waals surface area contributed by atoms with Crippen molar-refractivity contribution in [2.45, 2.75) is 25.6 Å². The highest BCUT2D eigenvalue weighted by atomic mass is 19.4. The minimum absolute atomic E-state index is 0.0849. The third-order valence-corrected chi connectivity index (χ3v) is 3.88. The van der Waals surface area contributed by atoms with Gasteiger partial charge in [-0.2, -0.15) is 13.2 Å². The first kappa shape index (κ1) is 20.2. The summed E-state index contributed by atoms with van der Waals surface area (Å²) in [5.41, 5.74) is 0.279. The first-order valence-corrected chi connectivity index (χ1v) is 8.12. The maximum atomic E-state index is 12.6. The zero-order valence-electron chi connectivity index (χ0n) is 14.5. The quantitative estimate of drug-likeness (QED) is 0.732. The molecule has 2 aromatic rings. The van der Waals surface area contributed by atoms with Crippen molar-refractivity contribution in [3.63, 3.8) is 0 Å². The number of rotatable bonds is 6. The molecule has 2 rings (SSSR count). The Morgan fingerprint density at radius 3 is 2.19 bits per heavy atom. The van der Waals surface area contributed by atoms with Gasteiger partial charge in [-0.15, -0.1) is 0 Å². The van der Waals surface area contributed by atoms with Gasteiger partial charge in [-0.25, -0.2) is 4.79 Å². The van der Waals surface area contributed by atoms with Crippen molar-refractivity contribution in [3.05, 3.63) is 76.9 Å². The third kappa shape index (κ3) is 5.99. The number of carbonyl (C=O) groups excluding carboxylic acids is 1. The maximum Gasteiger partial charge on any atom is 0.416 e. The summed E-state index contributed by atoms with van der Waals surface area (Å²) in [4.78, 5) is 23.5. The Kier molecular flexibility index (Phi) is 6.39. The van der Waals surface area contributed by atoms with Gasteiger partial charge < -0.3 is 10.4 Å². The molecule has 0 aliphatic heterocycles. The van der Waals surface area contributed by atoms with Crippen LogP contribution in [0.15, 0.2) is 60.2 Å². The number of benzene rings is 2. The molecule has 0 spiro atoms. The number of amides is 1. The summed E-state index contributed by atoms with van der Waals surface area (Å²) in [6.45, 7) is 1.61. The van der Waals surface area contributed by atoms with E-state index >= 15 is 0 Å². The van der Waals surface area contributed by atoms with E-state index < -0.39 is 29.7 Å². The van der Waals surface area contributed by atoms with Crippen molar-refractivity contribution in [2.24, 2.45) is 0 Å². The maximum absolute atomic E-state index is 12.6. The molecule has 0 saturated carbocycles. The fourth-order valence-electron chi connectivity index (χ4n) is 2.45. The van der Waals surface area contributed by atoms with Crippen molar-refractivity contribution in [2.75, 3.05) is 0 Å². The molecule has 7 heteroatoms. The van der Waals surface area contributed by atoms with Crippen LogP contribution >= 0.6 is 0 Å². The molecule has 0 heterocycles. The summed E-state index contributed by atoms with van der Waals surface area (Å²) in [6.07, 6.45) is -3.37. The van der Waals surface area contributed by atoms with Gasteiger partial charge in [-0.3, -0.25) is 4.79 Å². The summed E-state index contributed by atoms with van der Waals surface area (Å²) < 4.78 is 37.8. The summed E-state index contributed by atoms with van der Waals surface area (Å²) in [5, 5.41) is 11.9. The van der Waals surface area contributed by atoms with Gasteiger partial charge in [0.05, 0.1) is 18.0 Å². The monoisotopic (exact) mass is 377 g/mol. The Morgan fingerprint density at radius 1 is 1.07 bits per heavy atom. The van der Waals surface area contributed by atoms with Crippen molar-refractivity contribution in [1.29, 1.82) is 0 Å². The molecule has 1 amide bonds. The van der Waals surface area contributed by atoms with Gasteiger partial charge >= 0.3 is 12.1 Å². The van der Waals surface area contributed by atoms with Crippen LogP contribution in [0.25, 0.3) is 6.08 Å². The van der Waals surface area contributed by atoms with Crippen LogP contribution in [0, 0.1) is 0 Å². The Bertz CT molecular complexity index is 828.